The van der Waals surface area contributed by atoms with Gasteiger partial charge in [0.05, 0.1) is 5.02 Å². The number of pyridine rings is 1. The highest BCUT2D eigenvalue weighted by Crippen LogP contribution is 2.16. The van der Waals surface area contributed by atoms with E-state index in [0.29, 0.717) is 12.4 Å². The number of halogens is 2. The minimum Gasteiger partial charge on any atom is -0.347 e. The second-order valence-electron chi connectivity index (χ2n) is 3.98. The Hall–Kier alpha value is -1.63. The van der Waals surface area contributed by atoms with Gasteiger partial charge in [0.2, 0.25) is 0 Å². The number of nitrogen functional groups attached to an aromatic ring is 1. The predicted molar refractivity (Wildman–Crippen MR) is 82.4 cm³/mol. The van der Waals surface area contributed by atoms with Gasteiger partial charge < -0.3 is 10.7 Å². The number of benzene rings is 1. The zero-order valence-electron chi connectivity index (χ0n) is 10.4. The van der Waals surface area contributed by atoms with Gasteiger partial charge in [0.25, 0.3) is 5.91 Å². The van der Waals surface area contributed by atoms with Gasteiger partial charge in [-0.1, -0.05) is 39.7 Å². The molecule has 0 radical (unpaired) electrons. The van der Waals surface area contributed by atoms with Crippen LogP contribution in [-0.2, 0) is 6.54 Å². The number of hydrazine groups is 1. The monoisotopic (exact) mass is 354 g/mol. The number of nitrogens with one attached hydrogen (secondary N) is 2. The number of hydrogen-bond donors (Lipinski definition) is 3. The number of hydrogen-bond acceptors (Lipinski definition) is 4. The topological polar surface area (TPSA) is 80.0 Å². The highest BCUT2D eigenvalue weighted by Gasteiger charge is 2.12. The first-order valence-corrected chi connectivity index (χ1v) is 6.93. The molecular formula is C13H12BrClN4O. The summed E-state index contributed by atoms with van der Waals surface area (Å²) in [5.74, 6) is 5.28. The average Bonchev–Trinajstić information content (AvgIpc) is 2.47. The predicted octanol–water partition coefficient (Wildman–Crippen LogP) is 2.71. The summed E-state index contributed by atoms with van der Waals surface area (Å²) >= 11 is 9.31. The molecule has 1 aromatic heterocycles. The standard InChI is InChI=1S/C13H12BrClN4O/c14-9-3-1-8(2-4-9)7-17-13(20)12-10(15)5-6-11(18-12)19-16/h1-6H,7,16H2,(H,17,20)(H,18,19). The van der Waals surface area contributed by atoms with Crippen LogP contribution >= 0.6 is 27.5 Å². The fourth-order valence-electron chi connectivity index (χ4n) is 1.55. The Labute approximate surface area is 129 Å². The van der Waals surface area contributed by atoms with E-state index in [2.05, 4.69) is 31.7 Å². The van der Waals surface area contributed by atoms with Gasteiger partial charge >= 0.3 is 0 Å². The highest BCUT2D eigenvalue weighted by atomic mass is 79.9. The van der Waals surface area contributed by atoms with E-state index in [1.165, 1.54) is 0 Å². The SMILES string of the molecule is NNc1ccc(Cl)c(C(=O)NCc2ccc(Br)cc2)n1. The normalized spacial score (nSPS) is 10.2. The van der Waals surface area contributed by atoms with Crippen LogP contribution in [0.5, 0.6) is 0 Å². The van der Waals surface area contributed by atoms with E-state index in [-0.39, 0.29) is 16.6 Å². The van der Waals surface area contributed by atoms with Crippen LogP contribution in [0, 0.1) is 0 Å². The van der Waals surface area contributed by atoms with E-state index in [4.69, 9.17) is 17.4 Å². The van der Waals surface area contributed by atoms with Gasteiger partial charge in [-0.3, -0.25) is 4.79 Å². The minimum atomic E-state index is -0.352. The first-order valence-electron chi connectivity index (χ1n) is 5.76. The van der Waals surface area contributed by atoms with Crippen LogP contribution < -0.4 is 16.6 Å². The molecule has 2 aromatic rings. The maximum Gasteiger partial charge on any atom is 0.271 e. The van der Waals surface area contributed by atoms with E-state index >= 15 is 0 Å². The van der Waals surface area contributed by atoms with Crippen molar-refractivity contribution in [3.05, 3.63) is 57.2 Å². The molecule has 1 aromatic carbocycles. The van der Waals surface area contributed by atoms with Crippen molar-refractivity contribution in [2.45, 2.75) is 6.54 Å². The fraction of sp³-hybridized carbons (Fsp3) is 0.0769. The Morgan fingerprint density at radius 2 is 1.95 bits per heavy atom. The molecule has 2 rings (SSSR count). The second-order valence-corrected chi connectivity index (χ2v) is 5.30. The number of amides is 1. The molecule has 104 valence electrons. The van der Waals surface area contributed by atoms with Crippen LogP contribution in [-0.4, -0.2) is 10.9 Å². The molecule has 0 aliphatic rings. The van der Waals surface area contributed by atoms with Gasteiger partial charge in [-0.15, -0.1) is 0 Å². The molecule has 1 heterocycles. The lowest BCUT2D eigenvalue weighted by molar-refractivity contribution is 0.0946. The average molecular weight is 356 g/mol. The van der Waals surface area contributed by atoms with E-state index in [9.17, 15) is 4.79 Å². The molecule has 0 saturated heterocycles. The van der Waals surface area contributed by atoms with Crippen molar-refractivity contribution in [2.24, 2.45) is 5.84 Å². The second kappa shape index (κ2) is 6.69. The third-order valence-corrected chi connectivity index (χ3v) is 3.41. The van der Waals surface area contributed by atoms with Crippen molar-refractivity contribution in [1.29, 1.82) is 0 Å². The molecule has 7 heteroatoms. The zero-order chi connectivity index (χ0) is 14.5. The summed E-state index contributed by atoms with van der Waals surface area (Å²) in [7, 11) is 0. The van der Waals surface area contributed by atoms with Gasteiger partial charge in [0, 0.05) is 11.0 Å². The van der Waals surface area contributed by atoms with Crippen LogP contribution in [0.15, 0.2) is 40.9 Å². The zero-order valence-corrected chi connectivity index (χ0v) is 12.7. The van der Waals surface area contributed by atoms with Gasteiger partial charge in [-0.2, -0.15) is 0 Å². The van der Waals surface area contributed by atoms with Crippen LogP contribution in [0.1, 0.15) is 16.1 Å². The van der Waals surface area contributed by atoms with E-state index in [0.717, 1.165) is 10.0 Å². The van der Waals surface area contributed by atoms with E-state index in [1.807, 2.05) is 24.3 Å². The lowest BCUT2D eigenvalue weighted by Crippen LogP contribution is -2.24. The van der Waals surface area contributed by atoms with Gasteiger partial charge in [-0.05, 0) is 29.8 Å². The number of carbonyl (C=O) groups is 1. The van der Waals surface area contributed by atoms with Crippen LogP contribution in [0.4, 0.5) is 5.82 Å². The third-order valence-electron chi connectivity index (χ3n) is 2.58. The largest absolute Gasteiger partial charge is 0.347 e. The summed E-state index contributed by atoms with van der Waals surface area (Å²) in [5, 5.41) is 3.03. The molecule has 0 atom stereocenters. The number of nitrogens with two attached hydrogens (primary N) is 1. The van der Waals surface area contributed by atoms with Crippen molar-refractivity contribution in [3.63, 3.8) is 0 Å². The van der Waals surface area contributed by atoms with Crippen molar-refractivity contribution in [1.82, 2.24) is 10.3 Å². The first kappa shape index (κ1) is 14.8. The molecule has 5 nitrogen and oxygen atoms in total. The highest BCUT2D eigenvalue weighted by molar-refractivity contribution is 9.10. The molecule has 4 N–H and O–H groups in total. The number of aromatic nitrogens is 1. The third kappa shape index (κ3) is 3.69. The van der Waals surface area contributed by atoms with Crippen LogP contribution in [0.25, 0.3) is 0 Å². The van der Waals surface area contributed by atoms with Crippen LogP contribution in [0.2, 0.25) is 5.02 Å². The summed E-state index contributed by atoms with van der Waals surface area (Å²) in [6.07, 6.45) is 0. The fourth-order valence-corrected chi connectivity index (χ4v) is 2.01. The molecule has 0 fully saturated rings. The molecular weight excluding hydrogens is 344 g/mol. The Balaban J connectivity index is 2.06. The van der Waals surface area contributed by atoms with Gasteiger partial charge in [0.15, 0.2) is 0 Å². The Morgan fingerprint density at radius 1 is 1.25 bits per heavy atom. The molecule has 0 aliphatic carbocycles. The van der Waals surface area contributed by atoms with Crippen molar-refractivity contribution in [3.8, 4) is 0 Å². The number of anilines is 1. The van der Waals surface area contributed by atoms with Crippen molar-refractivity contribution in [2.75, 3.05) is 5.43 Å². The Kier molecular flexibility index (Phi) is 4.94. The lowest BCUT2D eigenvalue weighted by Gasteiger charge is -2.08. The number of carbonyl (C=O) groups excluding carboxylic acids is 1. The molecule has 1 amide bonds. The summed E-state index contributed by atoms with van der Waals surface area (Å²) in [6.45, 7) is 0.393. The molecule has 0 aliphatic heterocycles. The summed E-state index contributed by atoms with van der Waals surface area (Å²) in [5.41, 5.74) is 3.49. The first-order chi connectivity index (χ1) is 9.60. The Morgan fingerprint density at radius 3 is 2.60 bits per heavy atom. The summed E-state index contributed by atoms with van der Waals surface area (Å²) in [6, 6.07) is 10.8. The summed E-state index contributed by atoms with van der Waals surface area (Å²) in [4.78, 5) is 16.1. The Bertz CT molecular complexity index is 618. The maximum absolute atomic E-state index is 12.0. The van der Waals surface area contributed by atoms with Crippen LogP contribution in [0.3, 0.4) is 0 Å². The van der Waals surface area contributed by atoms with E-state index in [1.54, 1.807) is 12.1 Å². The smallest absolute Gasteiger partial charge is 0.271 e. The number of nitrogens with zero attached hydrogens (tertiary/aromatic N) is 1. The molecule has 20 heavy (non-hydrogen) atoms. The van der Waals surface area contributed by atoms with Gasteiger partial charge in [-0.25, -0.2) is 10.8 Å². The van der Waals surface area contributed by atoms with Crippen molar-refractivity contribution < 1.29 is 4.79 Å². The lowest BCUT2D eigenvalue weighted by atomic mass is 10.2. The van der Waals surface area contributed by atoms with E-state index < -0.39 is 0 Å². The van der Waals surface area contributed by atoms with Gasteiger partial charge in [0.1, 0.15) is 11.5 Å². The quantitative estimate of drug-likeness (QED) is 0.582. The molecule has 0 spiro atoms. The summed E-state index contributed by atoms with van der Waals surface area (Å²) < 4.78 is 0.985. The van der Waals surface area contributed by atoms with Crippen molar-refractivity contribution >= 4 is 39.3 Å². The number of rotatable bonds is 4. The molecule has 0 saturated carbocycles. The molecule has 0 bridgehead atoms. The maximum atomic E-state index is 12.0. The molecule has 0 unspecified atom stereocenters. The minimum absolute atomic E-state index is 0.138.